The van der Waals surface area contributed by atoms with Crippen LogP contribution in [0.15, 0.2) is 18.2 Å². The molecular weight excluding hydrogens is 364 g/mol. The van der Waals surface area contributed by atoms with E-state index in [1.54, 1.807) is 30.0 Å². The van der Waals surface area contributed by atoms with Crippen LogP contribution in [-0.4, -0.2) is 55.0 Å². The molecule has 0 aromatic heterocycles. The molecule has 1 aromatic carbocycles. The molecule has 1 N–H and O–H groups in total. The molecule has 2 aliphatic heterocycles. The number of nitrogens with zero attached hydrogens (tertiary/aromatic N) is 1. The number of nitrogens with one attached hydrogen (secondary N) is 1. The summed E-state index contributed by atoms with van der Waals surface area (Å²) < 4.78 is 10.2. The zero-order valence-electron chi connectivity index (χ0n) is 15.9. The molecule has 1 aromatic rings. The van der Waals surface area contributed by atoms with Gasteiger partial charge in [-0.3, -0.25) is 14.4 Å². The van der Waals surface area contributed by atoms with Gasteiger partial charge in [0.1, 0.15) is 0 Å². The fourth-order valence-electron chi connectivity index (χ4n) is 3.44. The zero-order chi connectivity index (χ0) is 20.1. The van der Waals surface area contributed by atoms with Gasteiger partial charge in [-0.2, -0.15) is 0 Å². The zero-order valence-corrected chi connectivity index (χ0v) is 15.9. The second-order valence-corrected chi connectivity index (χ2v) is 6.90. The normalized spacial score (nSPS) is 16.8. The Bertz CT molecular complexity index is 783. The number of likely N-dealkylation sites (tertiary alicyclic amines) is 1. The van der Waals surface area contributed by atoms with Crippen molar-refractivity contribution in [2.45, 2.75) is 32.6 Å². The summed E-state index contributed by atoms with van der Waals surface area (Å²) in [6.45, 7) is 2.67. The molecule has 8 nitrogen and oxygen atoms in total. The topological polar surface area (TPSA) is 102 Å². The lowest BCUT2D eigenvalue weighted by atomic mass is 9.97. The molecule has 0 radical (unpaired) electrons. The van der Waals surface area contributed by atoms with Crippen LogP contribution in [0.25, 0.3) is 0 Å². The molecule has 2 amide bonds. The van der Waals surface area contributed by atoms with Gasteiger partial charge in [0.15, 0.2) is 6.61 Å². The Labute approximate surface area is 163 Å². The SMILES string of the molecule is CCOC(=O)C1CCN(C(=O)COC(=O)c2ccc3c(c2)CCC(=O)N3)CC1. The van der Waals surface area contributed by atoms with E-state index in [0.717, 1.165) is 5.56 Å². The van der Waals surface area contributed by atoms with Crippen molar-refractivity contribution in [2.24, 2.45) is 5.92 Å². The Hall–Kier alpha value is -2.90. The summed E-state index contributed by atoms with van der Waals surface area (Å²) in [7, 11) is 0. The number of ether oxygens (including phenoxy) is 2. The number of carbonyl (C=O) groups excluding carboxylic acids is 4. The highest BCUT2D eigenvalue weighted by molar-refractivity contribution is 5.96. The Morgan fingerprint density at radius 3 is 2.61 bits per heavy atom. The lowest BCUT2D eigenvalue weighted by molar-refractivity contribution is -0.151. The first-order valence-corrected chi connectivity index (χ1v) is 9.52. The van der Waals surface area contributed by atoms with E-state index in [4.69, 9.17) is 9.47 Å². The Morgan fingerprint density at radius 2 is 1.89 bits per heavy atom. The quantitative estimate of drug-likeness (QED) is 0.768. The van der Waals surface area contributed by atoms with Crippen LogP contribution in [0.1, 0.15) is 42.1 Å². The maximum Gasteiger partial charge on any atom is 0.338 e. The molecule has 28 heavy (non-hydrogen) atoms. The van der Waals surface area contributed by atoms with E-state index < -0.39 is 5.97 Å². The fourth-order valence-corrected chi connectivity index (χ4v) is 3.44. The van der Waals surface area contributed by atoms with Gasteiger partial charge in [0, 0.05) is 25.2 Å². The number of anilines is 1. The van der Waals surface area contributed by atoms with Gasteiger partial charge in [-0.25, -0.2) is 4.79 Å². The number of rotatable bonds is 5. The van der Waals surface area contributed by atoms with E-state index in [1.165, 1.54) is 0 Å². The molecule has 2 heterocycles. The Kier molecular flexibility index (Phi) is 6.28. The highest BCUT2D eigenvalue weighted by atomic mass is 16.5. The monoisotopic (exact) mass is 388 g/mol. The molecule has 2 aliphatic rings. The molecule has 0 bridgehead atoms. The largest absolute Gasteiger partial charge is 0.466 e. The maximum atomic E-state index is 12.3. The molecular formula is C20H24N2O6. The van der Waals surface area contributed by atoms with Crippen molar-refractivity contribution in [1.82, 2.24) is 4.90 Å². The maximum absolute atomic E-state index is 12.3. The van der Waals surface area contributed by atoms with Gasteiger partial charge in [0.05, 0.1) is 18.1 Å². The van der Waals surface area contributed by atoms with Crippen LogP contribution in [0.4, 0.5) is 5.69 Å². The highest BCUT2D eigenvalue weighted by Crippen LogP contribution is 2.24. The lowest BCUT2D eigenvalue weighted by Crippen LogP contribution is -2.42. The number of benzene rings is 1. The van der Waals surface area contributed by atoms with E-state index in [0.29, 0.717) is 56.6 Å². The number of amides is 2. The van der Waals surface area contributed by atoms with Crippen LogP contribution in [-0.2, 0) is 30.3 Å². The first kappa shape index (κ1) is 19.9. The van der Waals surface area contributed by atoms with Crippen LogP contribution >= 0.6 is 0 Å². The van der Waals surface area contributed by atoms with E-state index in [-0.39, 0.29) is 30.3 Å². The minimum Gasteiger partial charge on any atom is -0.466 e. The summed E-state index contributed by atoms with van der Waals surface area (Å²) in [6.07, 6.45) is 2.05. The van der Waals surface area contributed by atoms with Gasteiger partial charge in [-0.15, -0.1) is 0 Å². The van der Waals surface area contributed by atoms with Crippen molar-refractivity contribution in [2.75, 3.05) is 31.6 Å². The predicted octanol–water partition coefficient (Wildman–Crippen LogP) is 1.53. The van der Waals surface area contributed by atoms with Gasteiger partial charge in [0.2, 0.25) is 5.91 Å². The van der Waals surface area contributed by atoms with Crippen molar-refractivity contribution >= 4 is 29.4 Å². The number of esters is 2. The second-order valence-electron chi connectivity index (χ2n) is 6.90. The predicted molar refractivity (Wildman–Crippen MR) is 99.6 cm³/mol. The third-order valence-electron chi connectivity index (χ3n) is 5.03. The summed E-state index contributed by atoms with van der Waals surface area (Å²) in [5.74, 6) is -1.29. The fraction of sp³-hybridized carbons (Fsp3) is 0.500. The van der Waals surface area contributed by atoms with E-state index in [1.807, 2.05) is 0 Å². The number of aryl methyl sites for hydroxylation is 1. The molecule has 8 heteroatoms. The molecule has 3 rings (SSSR count). The number of fused-ring (bicyclic) bond motifs is 1. The van der Waals surface area contributed by atoms with Crippen LogP contribution < -0.4 is 5.32 Å². The molecule has 0 saturated carbocycles. The minimum atomic E-state index is -0.575. The number of carbonyl (C=O) groups is 4. The van der Waals surface area contributed by atoms with Crippen LogP contribution in [0, 0.1) is 5.92 Å². The van der Waals surface area contributed by atoms with Crippen LogP contribution in [0.3, 0.4) is 0 Å². The van der Waals surface area contributed by atoms with Gasteiger partial charge < -0.3 is 19.7 Å². The first-order chi connectivity index (χ1) is 13.5. The number of piperidine rings is 1. The van der Waals surface area contributed by atoms with E-state index in [2.05, 4.69) is 5.32 Å². The van der Waals surface area contributed by atoms with Gasteiger partial charge in [0.25, 0.3) is 5.91 Å². The molecule has 150 valence electrons. The van der Waals surface area contributed by atoms with E-state index in [9.17, 15) is 19.2 Å². The highest BCUT2D eigenvalue weighted by Gasteiger charge is 2.28. The molecule has 1 saturated heterocycles. The Morgan fingerprint density at radius 1 is 1.14 bits per heavy atom. The standard InChI is InChI=1S/C20H24N2O6/c1-2-27-19(25)13-7-9-22(10-8-13)18(24)12-28-20(26)15-3-5-16-14(11-15)4-6-17(23)21-16/h3,5,11,13H,2,4,6-10,12H2,1H3,(H,21,23). The van der Waals surface area contributed by atoms with Crippen LogP contribution in [0.2, 0.25) is 0 Å². The average molecular weight is 388 g/mol. The smallest absolute Gasteiger partial charge is 0.338 e. The molecule has 0 spiro atoms. The molecule has 0 aliphatic carbocycles. The number of hydrogen-bond donors (Lipinski definition) is 1. The van der Waals surface area contributed by atoms with E-state index >= 15 is 0 Å². The van der Waals surface area contributed by atoms with Crippen molar-refractivity contribution in [1.29, 1.82) is 0 Å². The average Bonchev–Trinajstić information content (AvgIpc) is 2.71. The summed E-state index contributed by atoms with van der Waals surface area (Å²) in [5.41, 5.74) is 1.93. The van der Waals surface area contributed by atoms with Gasteiger partial charge in [-0.1, -0.05) is 0 Å². The summed E-state index contributed by atoms with van der Waals surface area (Å²) in [6, 6.07) is 4.93. The number of hydrogen-bond acceptors (Lipinski definition) is 6. The van der Waals surface area contributed by atoms with Gasteiger partial charge >= 0.3 is 11.9 Å². The summed E-state index contributed by atoms with van der Waals surface area (Å²) >= 11 is 0. The van der Waals surface area contributed by atoms with Crippen molar-refractivity contribution in [3.63, 3.8) is 0 Å². The molecule has 0 atom stereocenters. The molecule has 0 unspecified atom stereocenters. The van der Waals surface area contributed by atoms with Crippen molar-refractivity contribution in [3.8, 4) is 0 Å². The third-order valence-corrected chi connectivity index (χ3v) is 5.03. The summed E-state index contributed by atoms with van der Waals surface area (Å²) in [5, 5.41) is 2.75. The first-order valence-electron chi connectivity index (χ1n) is 9.52. The Balaban J connectivity index is 1.48. The second kappa shape index (κ2) is 8.86. The molecule has 1 fully saturated rings. The van der Waals surface area contributed by atoms with Crippen LogP contribution in [0.5, 0.6) is 0 Å². The van der Waals surface area contributed by atoms with Gasteiger partial charge in [-0.05, 0) is 49.9 Å². The van der Waals surface area contributed by atoms with Crippen molar-refractivity contribution < 1.29 is 28.7 Å². The summed E-state index contributed by atoms with van der Waals surface area (Å²) in [4.78, 5) is 49.3. The third kappa shape index (κ3) is 4.68. The lowest BCUT2D eigenvalue weighted by Gasteiger charge is -2.30. The minimum absolute atomic E-state index is 0.0415. The van der Waals surface area contributed by atoms with Crippen molar-refractivity contribution in [3.05, 3.63) is 29.3 Å².